The van der Waals surface area contributed by atoms with Crippen LogP contribution < -0.4 is 15.4 Å². The van der Waals surface area contributed by atoms with Crippen LogP contribution in [0.1, 0.15) is 48.9 Å². The number of aryl methyl sites for hydroxylation is 2. The highest BCUT2D eigenvalue weighted by Gasteiger charge is 2.24. The molecule has 144 valence electrons. The fourth-order valence-corrected chi connectivity index (χ4v) is 3.43. The first-order valence-electron chi connectivity index (χ1n) is 9.82. The predicted molar refractivity (Wildman–Crippen MR) is 105 cm³/mol. The lowest BCUT2D eigenvalue weighted by molar-refractivity contribution is 0.296. The summed E-state index contributed by atoms with van der Waals surface area (Å²) in [6, 6.07) is 8.34. The van der Waals surface area contributed by atoms with Gasteiger partial charge in [0.2, 0.25) is 0 Å². The van der Waals surface area contributed by atoms with Gasteiger partial charge in [0.05, 0.1) is 12.6 Å². The highest BCUT2D eigenvalue weighted by molar-refractivity contribution is 5.80. The van der Waals surface area contributed by atoms with E-state index in [1.165, 1.54) is 12.8 Å². The van der Waals surface area contributed by atoms with Crippen LogP contribution in [0, 0.1) is 12.8 Å². The van der Waals surface area contributed by atoms with E-state index >= 15 is 0 Å². The van der Waals surface area contributed by atoms with Crippen molar-refractivity contribution in [3.8, 4) is 5.75 Å². The smallest absolute Gasteiger partial charge is 0.191 e. The number of hydrogen-bond acceptors (Lipinski definition) is 4. The highest BCUT2D eigenvalue weighted by atomic mass is 16.5. The van der Waals surface area contributed by atoms with Crippen molar-refractivity contribution < 1.29 is 4.74 Å². The Morgan fingerprint density at radius 1 is 1.30 bits per heavy atom. The van der Waals surface area contributed by atoms with Gasteiger partial charge >= 0.3 is 0 Å². The maximum Gasteiger partial charge on any atom is 0.191 e. The third-order valence-corrected chi connectivity index (χ3v) is 5.11. The van der Waals surface area contributed by atoms with Gasteiger partial charge in [0, 0.05) is 25.7 Å². The second-order valence-electron chi connectivity index (χ2n) is 7.37. The molecule has 1 atom stereocenters. The van der Waals surface area contributed by atoms with Crippen molar-refractivity contribution in [3.63, 3.8) is 0 Å². The van der Waals surface area contributed by atoms with E-state index in [2.05, 4.69) is 31.8 Å². The molecule has 0 radical (unpaired) electrons. The second kappa shape index (κ2) is 7.98. The van der Waals surface area contributed by atoms with Crippen LogP contribution in [0.15, 0.2) is 29.3 Å². The molecule has 4 rings (SSSR count). The summed E-state index contributed by atoms with van der Waals surface area (Å²) in [6.45, 7) is 4.36. The molecule has 1 aromatic carbocycles. The standard InChI is InChI=1S/C20H28N6O/c1-14-23-19-17(7-5-11-26(19)25-14)24-20(21-2)22-12-16-6-3-4-8-18(16)27-13-15-9-10-15/h3-4,6,8,15,17H,5,7,9-13H2,1-2H3,(H2,21,22,24). The van der Waals surface area contributed by atoms with E-state index < -0.39 is 0 Å². The van der Waals surface area contributed by atoms with Crippen molar-refractivity contribution in [3.05, 3.63) is 41.5 Å². The SMILES string of the molecule is CN=C(NCc1ccccc1OCC1CC1)NC1CCCn2nc(C)nc21. The Morgan fingerprint density at radius 2 is 2.15 bits per heavy atom. The summed E-state index contributed by atoms with van der Waals surface area (Å²) >= 11 is 0. The molecule has 0 spiro atoms. The minimum Gasteiger partial charge on any atom is -0.493 e. The van der Waals surface area contributed by atoms with Gasteiger partial charge in [-0.3, -0.25) is 4.99 Å². The average Bonchev–Trinajstić information content (AvgIpc) is 3.43. The summed E-state index contributed by atoms with van der Waals surface area (Å²) in [4.78, 5) is 8.97. The van der Waals surface area contributed by atoms with Gasteiger partial charge in [-0.25, -0.2) is 9.67 Å². The summed E-state index contributed by atoms with van der Waals surface area (Å²) in [5.74, 6) is 4.29. The van der Waals surface area contributed by atoms with E-state index in [1.54, 1.807) is 7.05 Å². The van der Waals surface area contributed by atoms with Crippen molar-refractivity contribution in [2.24, 2.45) is 10.9 Å². The Labute approximate surface area is 160 Å². The third kappa shape index (κ3) is 4.40. The lowest BCUT2D eigenvalue weighted by atomic mass is 10.1. The number of ether oxygens (including phenoxy) is 1. The molecule has 2 aliphatic rings. The first kappa shape index (κ1) is 17.8. The molecule has 1 unspecified atom stereocenters. The highest BCUT2D eigenvalue weighted by Crippen LogP contribution is 2.30. The molecule has 0 bridgehead atoms. The van der Waals surface area contributed by atoms with Crippen molar-refractivity contribution in [2.75, 3.05) is 13.7 Å². The number of fused-ring (bicyclic) bond motifs is 1. The van der Waals surface area contributed by atoms with Crippen LogP contribution in [0.5, 0.6) is 5.75 Å². The molecule has 2 heterocycles. The zero-order valence-corrected chi connectivity index (χ0v) is 16.1. The van der Waals surface area contributed by atoms with Crippen LogP contribution in [0.25, 0.3) is 0 Å². The van der Waals surface area contributed by atoms with Crippen LogP contribution in [0.2, 0.25) is 0 Å². The maximum absolute atomic E-state index is 6.00. The number of para-hydroxylation sites is 1. The molecule has 7 nitrogen and oxygen atoms in total. The largest absolute Gasteiger partial charge is 0.493 e. The van der Waals surface area contributed by atoms with Crippen LogP contribution in [-0.4, -0.2) is 34.4 Å². The van der Waals surface area contributed by atoms with Crippen LogP contribution in [-0.2, 0) is 13.1 Å². The minimum absolute atomic E-state index is 0.132. The van der Waals surface area contributed by atoms with Crippen molar-refractivity contribution in [1.82, 2.24) is 25.4 Å². The maximum atomic E-state index is 6.00. The summed E-state index contributed by atoms with van der Waals surface area (Å²) < 4.78 is 8.01. The Bertz CT molecular complexity index is 811. The zero-order valence-electron chi connectivity index (χ0n) is 16.1. The van der Waals surface area contributed by atoms with Crippen molar-refractivity contribution in [2.45, 2.75) is 51.7 Å². The second-order valence-corrected chi connectivity index (χ2v) is 7.37. The fraction of sp³-hybridized carbons (Fsp3) is 0.550. The van der Waals surface area contributed by atoms with Gasteiger partial charge in [-0.15, -0.1) is 0 Å². The van der Waals surface area contributed by atoms with Crippen molar-refractivity contribution >= 4 is 5.96 Å². The lowest BCUT2D eigenvalue weighted by Crippen LogP contribution is -2.41. The minimum atomic E-state index is 0.132. The normalized spacial score (nSPS) is 19.5. The van der Waals surface area contributed by atoms with E-state index in [1.807, 2.05) is 29.8 Å². The number of guanidine groups is 1. The molecule has 2 N–H and O–H groups in total. The molecule has 2 aromatic rings. The van der Waals surface area contributed by atoms with Gasteiger partial charge < -0.3 is 15.4 Å². The van der Waals surface area contributed by atoms with Crippen molar-refractivity contribution in [1.29, 1.82) is 0 Å². The number of hydrogen-bond donors (Lipinski definition) is 2. The van der Waals surface area contributed by atoms with Gasteiger partial charge in [-0.1, -0.05) is 18.2 Å². The van der Waals surface area contributed by atoms with E-state index in [0.717, 1.165) is 60.8 Å². The van der Waals surface area contributed by atoms with Crippen LogP contribution in [0.3, 0.4) is 0 Å². The molecular weight excluding hydrogens is 340 g/mol. The summed E-state index contributed by atoms with van der Waals surface area (Å²) in [5, 5.41) is 11.4. The summed E-state index contributed by atoms with van der Waals surface area (Å²) in [5.41, 5.74) is 1.14. The molecule has 1 fully saturated rings. The fourth-order valence-electron chi connectivity index (χ4n) is 3.43. The average molecular weight is 368 g/mol. The number of nitrogens with zero attached hydrogens (tertiary/aromatic N) is 4. The molecule has 1 saturated carbocycles. The van der Waals surface area contributed by atoms with Gasteiger partial charge in [-0.05, 0) is 44.6 Å². The number of rotatable bonds is 6. The Morgan fingerprint density at radius 3 is 2.96 bits per heavy atom. The van der Waals surface area contributed by atoms with Gasteiger partial charge in [0.25, 0.3) is 0 Å². The molecule has 1 aromatic heterocycles. The number of benzene rings is 1. The van der Waals surface area contributed by atoms with E-state index in [9.17, 15) is 0 Å². The molecule has 7 heteroatoms. The molecule has 0 saturated heterocycles. The lowest BCUT2D eigenvalue weighted by Gasteiger charge is -2.25. The molecular formula is C20H28N6O. The van der Waals surface area contributed by atoms with Crippen LogP contribution >= 0.6 is 0 Å². The van der Waals surface area contributed by atoms with Gasteiger partial charge in [-0.2, -0.15) is 5.10 Å². The van der Waals surface area contributed by atoms with E-state index in [-0.39, 0.29) is 6.04 Å². The molecule has 1 aliphatic carbocycles. The van der Waals surface area contributed by atoms with Gasteiger partial charge in [0.1, 0.15) is 17.4 Å². The Hall–Kier alpha value is -2.57. The Balaban J connectivity index is 1.37. The third-order valence-electron chi connectivity index (χ3n) is 5.11. The monoisotopic (exact) mass is 368 g/mol. The van der Waals surface area contributed by atoms with E-state index in [4.69, 9.17) is 4.74 Å². The molecule has 0 amide bonds. The Kier molecular flexibility index (Phi) is 5.27. The quantitative estimate of drug-likeness (QED) is 0.605. The summed E-state index contributed by atoms with van der Waals surface area (Å²) in [7, 11) is 1.80. The number of aromatic nitrogens is 3. The zero-order chi connectivity index (χ0) is 18.6. The molecule has 1 aliphatic heterocycles. The molecule has 27 heavy (non-hydrogen) atoms. The van der Waals surface area contributed by atoms with Crippen LogP contribution in [0.4, 0.5) is 0 Å². The predicted octanol–water partition coefficient (Wildman–Crippen LogP) is 2.58. The summed E-state index contributed by atoms with van der Waals surface area (Å²) in [6.07, 6.45) is 4.70. The topological polar surface area (TPSA) is 76.4 Å². The number of nitrogens with one attached hydrogen (secondary N) is 2. The number of aliphatic imine (C=N–C) groups is 1. The first-order valence-corrected chi connectivity index (χ1v) is 9.82. The first-order chi connectivity index (χ1) is 13.2. The van der Waals surface area contributed by atoms with E-state index in [0.29, 0.717) is 6.54 Å². The van der Waals surface area contributed by atoms with Gasteiger partial charge in [0.15, 0.2) is 5.96 Å².